The van der Waals surface area contributed by atoms with Gasteiger partial charge in [-0.05, 0) is 32.8 Å². The van der Waals surface area contributed by atoms with E-state index in [9.17, 15) is 9.18 Å². The molecule has 1 aromatic heterocycles. The molecule has 4 nitrogen and oxygen atoms in total. The first-order valence-electron chi connectivity index (χ1n) is 6.68. The number of amides is 1. The van der Waals surface area contributed by atoms with Gasteiger partial charge in [0.1, 0.15) is 0 Å². The summed E-state index contributed by atoms with van der Waals surface area (Å²) in [7, 11) is 0. The van der Waals surface area contributed by atoms with Crippen molar-refractivity contribution in [2.24, 2.45) is 0 Å². The Kier molecular flexibility index (Phi) is 5.27. The maximum atomic E-state index is 14.1. The van der Waals surface area contributed by atoms with E-state index >= 15 is 0 Å². The molecule has 106 valence electrons. The predicted molar refractivity (Wildman–Crippen MR) is 74.8 cm³/mol. The molecule has 19 heavy (non-hydrogen) atoms. The maximum absolute atomic E-state index is 14.1. The van der Waals surface area contributed by atoms with Crippen molar-refractivity contribution in [3.8, 4) is 0 Å². The van der Waals surface area contributed by atoms with E-state index < -0.39 is 11.7 Å². The quantitative estimate of drug-likeness (QED) is 0.833. The number of anilines is 1. The highest BCUT2D eigenvalue weighted by Gasteiger charge is 2.25. The number of nitrogens with one attached hydrogen (secondary N) is 2. The molecule has 0 saturated heterocycles. The number of halogens is 1. The number of hydrogen-bond acceptors (Lipinski definition) is 3. The lowest BCUT2D eigenvalue weighted by molar-refractivity contribution is 0.0897. The molecule has 0 unspecified atom stereocenters. The first-order chi connectivity index (χ1) is 8.97. The van der Waals surface area contributed by atoms with E-state index in [0.29, 0.717) is 6.54 Å². The first-order valence-corrected chi connectivity index (χ1v) is 6.68. The van der Waals surface area contributed by atoms with Gasteiger partial charge in [-0.1, -0.05) is 13.8 Å². The Balaban J connectivity index is 2.97. The van der Waals surface area contributed by atoms with Crippen LogP contribution in [0.3, 0.4) is 0 Å². The van der Waals surface area contributed by atoms with Gasteiger partial charge in [0.2, 0.25) is 0 Å². The van der Waals surface area contributed by atoms with Crippen LogP contribution >= 0.6 is 0 Å². The molecular weight excluding hydrogens is 245 g/mol. The molecule has 2 N–H and O–H groups in total. The zero-order chi connectivity index (χ0) is 14.5. The standard InChI is InChI=1S/C14H22FN3O/c1-5-14(4,6-2)18-13(19)10-8-9-17-12(11(10)15)16-7-3/h8-9H,5-7H2,1-4H3,(H,16,17)(H,18,19). The minimum atomic E-state index is -0.601. The lowest BCUT2D eigenvalue weighted by atomic mass is 9.95. The maximum Gasteiger partial charge on any atom is 0.254 e. The topological polar surface area (TPSA) is 54.0 Å². The highest BCUT2D eigenvalue weighted by Crippen LogP contribution is 2.18. The lowest BCUT2D eigenvalue weighted by Crippen LogP contribution is -2.45. The molecule has 0 saturated carbocycles. The molecule has 1 rings (SSSR count). The van der Waals surface area contributed by atoms with Crippen molar-refractivity contribution >= 4 is 11.7 Å². The van der Waals surface area contributed by atoms with Crippen LogP contribution in [0.4, 0.5) is 10.2 Å². The Labute approximate surface area is 113 Å². The van der Waals surface area contributed by atoms with E-state index in [1.807, 2.05) is 27.7 Å². The lowest BCUT2D eigenvalue weighted by Gasteiger charge is -2.28. The fourth-order valence-electron chi connectivity index (χ4n) is 1.68. The SMILES string of the molecule is CCNc1nccc(C(=O)NC(C)(CC)CC)c1F. The minimum Gasteiger partial charge on any atom is -0.368 e. The predicted octanol–water partition coefficient (Wildman–Crippen LogP) is 2.96. The smallest absolute Gasteiger partial charge is 0.254 e. The van der Waals surface area contributed by atoms with Crippen molar-refractivity contribution in [1.82, 2.24) is 10.3 Å². The van der Waals surface area contributed by atoms with Crippen LogP contribution in [0.15, 0.2) is 12.3 Å². The van der Waals surface area contributed by atoms with Crippen molar-refractivity contribution in [1.29, 1.82) is 0 Å². The summed E-state index contributed by atoms with van der Waals surface area (Å²) in [4.78, 5) is 16.0. The van der Waals surface area contributed by atoms with Gasteiger partial charge in [-0.15, -0.1) is 0 Å². The second-order valence-corrected chi connectivity index (χ2v) is 4.77. The third-order valence-electron chi connectivity index (χ3n) is 3.45. The van der Waals surface area contributed by atoms with Crippen LogP contribution in [0.2, 0.25) is 0 Å². The Bertz CT molecular complexity index is 444. The molecule has 0 aromatic carbocycles. The summed E-state index contributed by atoms with van der Waals surface area (Å²) in [6, 6.07) is 1.40. The van der Waals surface area contributed by atoms with Crippen LogP contribution in [-0.4, -0.2) is 23.0 Å². The second-order valence-electron chi connectivity index (χ2n) is 4.77. The fraction of sp³-hybridized carbons (Fsp3) is 0.571. The summed E-state index contributed by atoms with van der Waals surface area (Å²) in [5.74, 6) is -0.883. The zero-order valence-corrected chi connectivity index (χ0v) is 12.0. The van der Waals surface area contributed by atoms with Crippen molar-refractivity contribution in [3.63, 3.8) is 0 Å². The van der Waals surface area contributed by atoms with E-state index in [-0.39, 0.29) is 16.9 Å². The number of carbonyl (C=O) groups excluding carboxylic acids is 1. The van der Waals surface area contributed by atoms with E-state index in [0.717, 1.165) is 12.8 Å². The van der Waals surface area contributed by atoms with Gasteiger partial charge in [0.15, 0.2) is 11.6 Å². The Morgan fingerprint density at radius 1 is 1.37 bits per heavy atom. The van der Waals surface area contributed by atoms with Gasteiger partial charge in [-0.3, -0.25) is 4.79 Å². The Morgan fingerprint density at radius 2 is 2.00 bits per heavy atom. The van der Waals surface area contributed by atoms with Gasteiger partial charge >= 0.3 is 0 Å². The zero-order valence-electron chi connectivity index (χ0n) is 12.0. The number of pyridine rings is 1. The normalized spacial score (nSPS) is 11.2. The number of hydrogen-bond donors (Lipinski definition) is 2. The number of aromatic nitrogens is 1. The summed E-state index contributed by atoms with van der Waals surface area (Å²) in [6.45, 7) is 8.35. The molecular formula is C14H22FN3O. The summed E-state index contributed by atoms with van der Waals surface area (Å²) >= 11 is 0. The molecule has 1 aromatic rings. The summed E-state index contributed by atoms with van der Waals surface area (Å²) in [5.41, 5.74) is -0.287. The van der Waals surface area contributed by atoms with Crippen LogP contribution in [0.1, 0.15) is 50.9 Å². The molecule has 0 radical (unpaired) electrons. The molecule has 1 heterocycles. The van der Waals surface area contributed by atoms with Crippen LogP contribution in [-0.2, 0) is 0 Å². The van der Waals surface area contributed by atoms with E-state index in [4.69, 9.17) is 0 Å². The third-order valence-corrected chi connectivity index (χ3v) is 3.45. The molecule has 0 spiro atoms. The highest BCUT2D eigenvalue weighted by atomic mass is 19.1. The third kappa shape index (κ3) is 3.66. The first kappa shape index (κ1) is 15.4. The Morgan fingerprint density at radius 3 is 2.53 bits per heavy atom. The van der Waals surface area contributed by atoms with Crippen LogP contribution in [0.25, 0.3) is 0 Å². The van der Waals surface area contributed by atoms with Crippen molar-refractivity contribution in [3.05, 3.63) is 23.6 Å². The highest BCUT2D eigenvalue weighted by molar-refractivity contribution is 5.95. The molecule has 5 heteroatoms. The van der Waals surface area contributed by atoms with Crippen molar-refractivity contribution < 1.29 is 9.18 Å². The Hall–Kier alpha value is -1.65. The van der Waals surface area contributed by atoms with E-state index in [2.05, 4.69) is 15.6 Å². The molecule has 1 amide bonds. The van der Waals surface area contributed by atoms with Crippen LogP contribution in [0, 0.1) is 5.82 Å². The van der Waals surface area contributed by atoms with Crippen molar-refractivity contribution in [2.75, 3.05) is 11.9 Å². The summed E-state index contributed by atoms with van der Waals surface area (Å²) in [6.07, 6.45) is 3.02. The molecule has 0 fully saturated rings. The number of nitrogens with zero attached hydrogens (tertiary/aromatic N) is 1. The minimum absolute atomic E-state index is 0.0269. The summed E-state index contributed by atoms with van der Waals surface area (Å²) < 4.78 is 14.1. The van der Waals surface area contributed by atoms with Crippen molar-refractivity contribution in [2.45, 2.75) is 46.1 Å². The number of carbonyl (C=O) groups is 1. The van der Waals surface area contributed by atoms with Gasteiger partial charge in [-0.2, -0.15) is 0 Å². The van der Waals surface area contributed by atoms with Crippen LogP contribution in [0.5, 0.6) is 0 Å². The number of rotatable bonds is 6. The molecule has 0 aliphatic rings. The molecule has 0 aliphatic heterocycles. The monoisotopic (exact) mass is 267 g/mol. The van der Waals surface area contributed by atoms with Gasteiger partial charge in [0.25, 0.3) is 5.91 Å². The summed E-state index contributed by atoms with van der Waals surface area (Å²) in [5, 5.41) is 5.68. The molecule has 0 aliphatic carbocycles. The van der Waals surface area contributed by atoms with Crippen LogP contribution < -0.4 is 10.6 Å². The van der Waals surface area contributed by atoms with E-state index in [1.54, 1.807) is 0 Å². The fourth-order valence-corrected chi connectivity index (χ4v) is 1.68. The average Bonchev–Trinajstić information content (AvgIpc) is 2.41. The average molecular weight is 267 g/mol. The molecule has 0 bridgehead atoms. The molecule has 0 atom stereocenters. The van der Waals surface area contributed by atoms with Gasteiger partial charge < -0.3 is 10.6 Å². The van der Waals surface area contributed by atoms with E-state index in [1.165, 1.54) is 12.3 Å². The van der Waals surface area contributed by atoms with Gasteiger partial charge in [0.05, 0.1) is 5.56 Å². The van der Waals surface area contributed by atoms with Gasteiger partial charge in [0, 0.05) is 18.3 Å². The largest absolute Gasteiger partial charge is 0.368 e. The van der Waals surface area contributed by atoms with Gasteiger partial charge in [-0.25, -0.2) is 9.37 Å². The second kappa shape index (κ2) is 6.50.